The maximum Gasteiger partial charge on any atom is 0.162 e. The van der Waals surface area contributed by atoms with Gasteiger partial charge >= 0.3 is 0 Å². The molecule has 2 rings (SSSR count). The normalized spacial score (nSPS) is 19.4. The van der Waals surface area contributed by atoms with Gasteiger partial charge in [-0.25, -0.2) is 0 Å². The van der Waals surface area contributed by atoms with Crippen LogP contribution in [0.3, 0.4) is 0 Å². The molecule has 1 aliphatic rings. The lowest BCUT2D eigenvalue weighted by Gasteiger charge is -2.25. The van der Waals surface area contributed by atoms with Gasteiger partial charge in [0.2, 0.25) is 0 Å². The minimum Gasteiger partial charge on any atom is -0.493 e. The highest BCUT2D eigenvalue weighted by Gasteiger charge is 2.16. The Kier molecular flexibility index (Phi) is 4.31. The lowest BCUT2D eigenvalue weighted by molar-refractivity contribution is 0.0876. The Labute approximate surface area is 108 Å². The van der Waals surface area contributed by atoms with Crippen LogP contribution in [0.15, 0.2) is 12.1 Å². The van der Waals surface area contributed by atoms with Crippen LogP contribution in [0.25, 0.3) is 0 Å². The molecule has 0 amide bonds. The molecule has 0 radical (unpaired) electrons. The zero-order valence-electron chi connectivity index (χ0n) is 11.3. The third-order valence-corrected chi connectivity index (χ3v) is 3.25. The van der Waals surface area contributed by atoms with Crippen molar-refractivity contribution in [1.82, 2.24) is 0 Å². The zero-order valence-corrected chi connectivity index (χ0v) is 11.3. The Morgan fingerprint density at radius 3 is 2.56 bits per heavy atom. The summed E-state index contributed by atoms with van der Waals surface area (Å²) in [5.74, 6) is 1.52. The number of ether oxygens (including phenoxy) is 3. The van der Waals surface area contributed by atoms with Crippen LogP contribution in [0.5, 0.6) is 11.5 Å². The van der Waals surface area contributed by atoms with Crippen molar-refractivity contribution in [2.24, 2.45) is 0 Å². The predicted octanol–water partition coefficient (Wildman–Crippen LogP) is 2.60. The fraction of sp³-hybridized carbons (Fsp3) is 0.571. The minimum atomic E-state index is 0.385. The van der Waals surface area contributed by atoms with Gasteiger partial charge in [-0.3, -0.25) is 0 Å². The van der Waals surface area contributed by atoms with Crippen LogP contribution in [0.2, 0.25) is 0 Å². The summed E-state index contributed by atoms with van der Waals surface area (Å²) in [6.07, 6.45) is 2.26. The van der Waals surface area contributed by atoms with Crippen LogP contribution >= 0.6 is 0 Å². The maximum atomic E-state index is 5.48. The molecule has 0 aliphatic carbocycles. The molecular formula is C14H21NO3. The van der Waals surface area contributed by atoms with Gasteiger partial charge in [-0.1, -0.05) is 0 Å². The molecule has 1 aliphatic heterocycles. The van der Waals surface area contributed by atoms with E-state index in [9.17, 15) is 0 Å². The monoisotopic (exact) mass is 251 g/mol. The minimum absolute atomic E-state index is 0.385. The number of methoxy groups -OCH3 is 2. The standard InChI is InChI=1S/C14H21NO3/c1-10-7-13(16-2)14(17-3)8-12(10)15-11-5-4-6-18-9-11/h7-8,11,15H,4-6,9H2,1-3H3. The molecule has 1 N–H and O–H groups in total. The number of aryl methyl sites for hydroxylation is 1. The summed E-state index contributed by atoms with van der Waals surface area (Å²) in [7, 11) is 3.31. The first-order valence-electron chi connectivity index (χ1n) is 6.31. The molecule has 1 unspecified atom stereocenters. The van der Waals surface area contributed by atoms with E-state index >= 15 is 0 Å². The van der Waals surface area contributed by atoms with Crippen LogP contribution in [-0.2, 0) is 4.74 Å². The van der Waals surface area contributed by atoms with Crippen LogP contribution in [0, 0.1) is 6.92 Å². The van der Waals surface area contributed by atoms with Crippen LogP contribution in [0.1, 0.15) is 18.4 Å². The van der Waals surface area contributed by atoms with Crippen molar-refractivity contribution in [3.05, 3.63) is 17.7 Å². The molecule has 4 heteroatoms. The van der Waals surface area contributed by atoms with Gasteiger partial charge in [0, 0.05) is 24.4 Å². The van der Waals surface area contributed by atoms with Gasteiger partial charge < -0.3 is 19.5 Å². The second kappa shape index (κ2) is 5.96. The van der Waals surface area contributed by atoms with Crippen molar-refractivity contribution in [2.75, 3.05) is 32.8 Å². The van der Waals surface area contributed by atoms with Crippen molar-refractivity contribution in [2.45, 2.75) is 25.8 Å². The summed E-state index contributed by atoms with van der Waals surface area (Å²) in [6, 6.07) is 4.36. The van der Waals surface area contributed by atoms with Gasteiger partial charge in [0.05, 0.1) is 20.8 Å². The van der Waals surface area contributed by atoms with Gasteiger partial charge in [-0.15, -0.1) is 0 Å². The summed E-state index contributed by atoms with van der Waals surface area (Å²) < 4.78 is 16.1. The number of rotatable bonds is 4. The summed E-state index contributed by atoms with van der Waals surface area (Å²) >= 11 is 0. The highest BCUT2D eigenvalue weighted by Crippen LogP contribution is 2.33. The molecular weight excluding hydrogens is 230 g/mol. The third kappa shape index (κ3) is 2.88. The average Bonchev–Trinajstić information content (AvgIpc) is 2.41. The SMILES string of the molecule is COc1cc(C)c(NC2CCCOC2)cc1OC. The number of anilines is 1. The van der Waals surface area contributed by atoms with Crippen LogP contribution in [0.4, 0.5) is 5.69 Å². The number of nitrogens with one attached hydrogen (secondary N) is 1. The van der Waals surface area contributed by atoms with Gasteiger partial charge in [0.25, 0.3) is 0 Å². The molecule has 1 atom stereocenters. The first-order chi connectivity index (χ1) is 8.74. The van der Waals surface area contributed by atoms with Crippen LogP contribution < -0.4 is 14.8 Å². The first kappa shape index (κ1) is 13.0. The lowest BCUT2D eigenvalue weighted by Crippen LogP contribution is -2.30. The molecule has 0 saturated carbocycles. The van der Waals surface area contributed by atoms with Crippen LogP contribution in [-0.4, -0.2) is 33.5 Å². The molecule has 0 spiro atoms. The van der Waals surface area contributed by atoms with E-state index in [0.29, 0.717) is 6.04 Å². The first-order valence-corrected chi connectivity index (χ1v) is 6.31. The Bertz CT molecular complexity index is 400. The van der Waals surface area contributed by atoms with E-state index in [1.165, 1.54) is 0 Å². The maximum absolute atomic E-state index is 5.48. The highest BCUT2D eigenvalue weighted by molar-refractivity contribution is 5.60. The average molecular weight is 251 g/mol. The Hall–Kier alpha value is -1.42. The number of benzene rings is 1. The molecule has 0 bridgehead atoms. The van der Waals surface area contributed by atoms with Crippen molar-refractivity contribution in [1.29, 1.82) is 0 Å². The molecule has 1 heterocycles. The second-order valence-corrected chi connectivity index (χ2v) is 4.58. The Balaban J connectivity index is 2.16. The van der Waals surface area contributed by atoms with E-state index in [1.54, 1.807) is 14.2 Å². The van der Waals surface area contributed by atoms with Gasteiger partial charge in [0.1, 0.15) is 0 Å². The Morgan fingerprint density at radius 2 is 1.94 bits per heavy atom. The van der Waals surface area contributed by atoms with E-state index in [1.807, 2.05) is 12.1 Å². The van der Waals surface area contributed by atoms with Crippen molar-refractivity contribution < 1.29 is 14.2 Å². The second-order valence-electron chi connectivity index (χ2n) is 4.58. The summed E-state index contributed by atoms with van der Waals surface area (Å²) in [5.41, 5.74) is 2.24. The number of hydrogen-bond acceptors (Lipinski definition) is 4. The summed E-state index contributed by atoms with van der Waals surface area (Å²) in [4.78, 5) is 0. The molecule has 1 aromatic carbocycles. The molecule has 4 nitrogen and oxygen atoms in total. The zero-order chi connectivity index (χ0) is 13.0. The molecule has 18 heavy (non-hydrogen) atoms. The third-order valence-electron chi connectivity index (χ3n) is 3.25. The molecule has 0 aromatic heterocycles. The highest BCUT2D eigenvalue weighted by atomic mass is 16.5. The molecule has 1 aromatic rings. The quantitative estimate of drug-likeness (QED) is 0.893. The number of hydrogen-bond donors (Lipinski definition) is 1. The summed E-state index contributed by atoms with van der Waals surface area (Å²) in [6.45, 7) is 3.71. The van der Waals surface area contributed by atoms with E-state index in [0.717, 1.165) is 48.8 Å². The molecule has 1 fully saturated rings. The lowest BCUT2D eigenvalue weighted by atomic mass is 10.1. The smallest absolute Gasteiger partial charge is 0.162 e. The Morgan fingerprint density at radius 1 is 1.22 bits per heavy atom. The van der Waals surface area contributed by atoms with Gasteiger partial charge in [-0.05, 0) is 31.4 Å². The van der Waals surface area contributed by atoms with E-state index in [4.69, 9.17) is 14.2 Å². The summed E-state index contributed by atoms with van der Waals surface area (Å²) in [5, 5.41) is 3.51. The predicted molar refractivity (Wildman–Crippen MR) is 71.7 cm³/mol. The van der Waals surface area contributed by atoms with Crippen molar-refractivity contribution in [3.8, 4) is 11.5 Å². The van der Waals surface area contributed by atoms with E-state index in [2.05, 4.69) is 12.2 Å². The fourth-order valence-corrected chi connectivity index (χ4v) is 2.21. The largest absolute Gasteiger partial charge is 0.493 e. The van der Waals surface area contributed by atoms with Gasteiger partial charge in [0.15, 0.2) is 11.5 Å². The fourth-order valence-electron chi connectivity index (χ4n) is 2.21. The van der Waals surface area contributed by atoms with Gasteiger partial charge in [-0.2, -0.15) is 0 Å². The van der Waals surface area contributed by atoms with Crippen molar-refractivity contribution >= 4 is 5.69 Å². The van der Waals surface area contributed by atoms with Crippen molar-refractivity contribution in [3.63, 3.8) is 0 Å². The molecule has 1 saturated heterocycles. The molecule has 100 valence electrons. The van der Waals surface area contributed by atoms with E-state index in [-0.39, 0.29) is 0 Å². The topological polar surface area (TPSA) is 39.7 Å². The van der Waals surface area contributed by atoms with E-state index < -0.39 is 0 Å².